The highest BCUT2D eigenvalue weighted by atomic mass is 79.9. The molecule has 0 saturated heterocycles. The van der Waals surface area contributed by atoms with Crippen molar-refractivity contribution in [1.29, 1.82) is 0 Å². The summed E-state index contributed by atoms with van der Waals surface area (Å²) in [5.74, 6) is 0. The van der Waals surface area contributed by atoms with Crippen LogP contribution in [0.1, 0.15) is 32.8 Å². The molecule has 0 aliphatic heterocycles. The molecule has 1 atom stereocenters. The van der Waals surface area contributed by atoms with Gasteiger partial charge in [0.1, 0.15) is 0 Å². The second-order valence-corrected chi connectivity index (χ2v) is 4.77. The second kappa shape index (κ2) is 6.29. The Labute approximate surface area is 102 Å². The summed E-state index contributed by atoms with van der Waals surface area (Å²) in [5, 5.41) is 0. The fourth-order valence-electron chi connectivity index (χ4n) is 1.68. The van der Waals surface area contributed by atoms with Crippen LogP contribution in [-0.2, 0) is 6.54 Å². The minimum Gasteiger partial charge on any atom is -0.297 e. The highest BCUT2D eigenvalue weighted by Crippen LogP contribution is 2.19. The van der Waals surface area contributed by atoms with Gasteiger partial charge in [-0.05, 0) is 31.5 Å². The first kappa shape index (κ1) is 12.7. The predicted octanol–water partition coefficient (Wildman–Crippen LogP) is 4.07. The smallest absolute Gasteiger partial charge is 0.0247 e. The summed E-state index contributed by atoms with van der Waals surface area (Å²) in [7, 11) is 0. The maximum atomic E-state index is 3.60. The van der Waals surface area contributed by atoms with E-state index in [9.17, 15) is 0 Å². The monoisotopic (exact) mass is 269 g/mol. The minimum absolute atomic E-state index is 0.655. The summed E-state index contributed by atoms with van der Waals surface area (Å²) in [4.78, 5) is 2.50. The molecule has 1 aromatic rings. The molecule has 0 aliphatic carbocycles. The van der Waals surface area contributed by atoms with Crippen molar-refractivity contribution in [3.8, 4) is 0 Å². The van der Waals surface area contributed by atoms with Crippen molar-refractivity contribution in [1.82, 2.24) is 4.90 Å². The van der Waals surface area contributed by atoms with Crippen molar-refractivity contribution >= 4 is 15.9 Å². The highest BCUT2D eigenvalue weighted by Gasteiger charge is 2.11. The van der Waals surface area contributed by atoms with Gasteiger partial charge in [-0.2, -0.15) is 0 Å². The Morgan fingerprint density at radius 1 is 1.27 bits per heavy atom. The van der Waals surface area contributed by atoms with E-state index in [4.69, 9.17) is 0 Å². The van der Waals surface area contributed by atoms with Crippen LogP contribution in [0.4, 0.5) is 0 Å². The maximum Gasteiger partial charge on any atom is 0.0247 e. The molecule has 0 amide bonds. The highest BCUT2D eigenvalue weighted by molar-refractivity contribution is 9.10. The van der Waals surface area contributed by atoms with E-state index in [-0.39, 0.29) is 0 Å². The number of hydrogen-bond donors (Lipinski definition) is 0. The van der Waals surface area contributed by atoms with E-state index in [1.807, 2.05) is 0 Å². The first-order chi connectivity index (χ1) is 7.19. The summed E-state index contributed by atoms with van der Waals surface area (Å²) in [6.45, 7) is 8.90. The van der Waals surface area contributed by atoms with E-state index in [1.54, 1.807) is 0 Å². The second-order valence-electron chi connectivity index (χ2n) is 3.91. The zero-order chi connectivity index (χ0) is 11.3. The van der Waals surface area contributed by atoms with Crippen molar-refractivity contribution in [2.24, 2.45) is 0 Å². The molecular weight excluding hydrogens is 250 g/mol. The molecule has 0 saturated carbocycles. The van der Waals surface area contributed by atoms with Crippen LogP contribution in [0.2, 0.25) is 0 Å². The molecule has 15 heavy (non-hydrogen) atoms. The largest absolute Gasteiger partial charge is 0.297 e. The van der Waals surface area contributed by atoms with Gasteiger partial charge in [0.2, 0.25) is 0 Å². The first-order valence-corrected chi connectivity index (χ1v) is 6.45. The lowest BCUT2D eigenvalue weighted by atomic mass is 10.1. The van der Waals surface area contributed by atoms with E-state index >= 15 is 0 Å². The van der Waals surface area contributed by atoms with Crippen LogP contribution in [-0.4, -0.2) is 17.5 Å². The molecule has 0 radical (unpaired) electrons. The van der Waals surface area contributed by atoms with Gasteiger partial charge in [-0.3, -0.25) is 4.90 Å². The predicted molar refractivity (Wildman–Crippen MR) is 70.0 cm³/mol. The van der Waals surface area contributed by atoms with Crippen molar-refractivity contribution in [3.05, 3.63) is 34.3 Å². The van der Waals surface area contributed by atoms with Crippen LogP contribution >= 0.6 is 15.9 Å². The molecule has 0 spiro atoms. The van der Waals surface area contributed by atoms with E-state index < -0.39 is 0 Å². The summed E-state index contributed by atoms with van der Waals surface area (Å²) < 4.78 is 1.21. The molecule has 0 aromatic heterocycles. The van der Waals surface area contributed by atoms with Gasteiger partial charge >= 0.3 is 0 Å². The third kappa shape index (κ3) is 3.62. The van der Waals surface area contributed by atoms with Crippen LogP contribution in [0.15, 0.2) is 28.7 Å². The van der Waals surface area contributed by atoms with Gasteiger partial charge in [0.15, 0.2) is 0 Å². The Morgan fingerprint density at radius 3 is 2.47 bits per heavy atom. The van der Waals surface area contributed by atoms with Crippen LogP contribution in [0.25, 0.3) is 0 Å². The van der Waals surface area contributed by atoms with E-state index in [1.165, 1.54) is 16.5 Å². The minimum atomic E-state index is 0.655. The molecule has 1 rings (SSSR count). The molecule has 1 nitrogen and oxygen atoms in total. The van der Waals surface area contributed by atoms with Gasteiger partial charge in [0, 0.05) is 17.1 Å². The van der Waals surface area contributed by atoms with Crippen molar-refractivity contribution in [2.45, 2.75) is 39.8 Å². The standard InChI is InChI=1S/C13H20BrN/c1-4-11(3)15(5-2)10-12-8-6-7-9-13(12)14/h6-9,11H,4-5,10H2,1-3H3. The van der Waals surface area contributed by atoms with Gasteiger partial charge in [0.25, 0.3) is 0 Å². The molecule has 1 unspecified atom stereocenters. The van der Waals surface area contributed by atoms with Crippen molar-refractivity contribution in [3.63, 3.8) is 0 Å². The fraction of sp³-hybridized carbons (Fsp3) is 0.538. The van der Waals surface area contributed by atoms with E-state index in [2.05, 4.69) is 65.9 Å². The number of benzene rings is 1. The summed E-state index contributed by atoms with van der Waals surface area (Å²) in [6.07, 6.45) is 1.21. The zero-order valence-corrected chi connectivity index (χ0v) is 11.4. The van der Waals surface area contributed by atoms with Gasteiger partial charge in [-0.25, -0.2) is 0 Å². The normalized spacial score (nSPS) is 13.1. The number of hydrogen-bond acceptors (Lipinski definition) is 1. The van der Waals surface area contributed by atoms with E-state index in [0.717, 1.165) is 13.1 Å². The maximum absolute atomic E-state index is 3.60. The lowest BCUT2D eigenvalue weighted by Crippen LogP contribution is -2.31. The lowest BCUT2D eigenvalue weighted by Gasteiger charge is -2.27. The van der Waals surface area contributed by atoms with Crippen molar-refractivity contribution < 1.29 is 0 Å². The van der Waals surface area contributed by atoms with Gasteiger partial charge < -0.3 is 0 Å². The van der Waals surface area contributed by atoms with Crippen molar-refractivity contribution in [2.75, 3.05) is 6.54 Å². The number of rotatable bonds is 5. The zero-order valence-electron chi connectivity index (χ0n) is 9.83. The lowest BCUT2D eigenvalue weighted by molar-refractivity contribution is 0.205. The number of nitrogens with zero attached hydrogens (tertiary/aromatic N) is 1. The van der Waals surface area contributed by atoms with Crippen LogP contribution in [0.5, 0.6) is 0 Å². The Morgan fingerprint density at radius 2 is 1.93 bits per heavy atom. The summed E-state index contributed by atoms with van der Waals surface area (Å²) in [5.41, 5.74) is 1.37. The topological polar surface area (TPSA) is 3.24 Å². The SMILES string of the molecule is CCC(C)N(CC)Cc1ccccc1Br. The Balaban J connectivity index is 2.71. The Hall–Kier alpha value is -0.340. The Bertz CT molecular complexity index is 298. The average Bonchev–Trinajstić information content (AvgIpc) is 2.27. The molecule has 2 heteroatoms. The molecule has 84 valence electrons. The molecule has 0 aliphatic rings. The van der Waals surface area contributed by atoms with Gasteiger partial charge in [0.05, 0.1) is 0 Å². The third-order valence-corrected chi connectivity index (χ3v) is 3.73. The summed E-state index contributed by atoms with van der Waals surface area (Å²) in [6, 6.07) is 9.12. The molecule has 1 aromatic carbocycles. The van der Waals surface area contributed by atoms with Crippen LogP contribution in [0.3, 0.4) is 0 Å². The average molecular weight is 270 g/mol. The quantitative estimate of drug-likeness (QED) is 0.779. The third-order valence-electron chi connectivity index (χ3n) is 2.95. The van der Waals surface area contributed by atoms with Crippen LogP contribution < -0.4 is 0 Å². The first-order valence-electron chi connectivity index (χ1n) is 5.66. The van der Waals surface area contributed by atoms with Gasteiger partial charge in [-0.1, -0.05) is 48.0 Å². The van der Waals surface area contributed by atoms with E-state index in [0.29, 0.717) is 6.04 Å². The molecule has 0 N–H and O–H groups in total. The molecule has 0 bridgehead atoms. The fourth-order valence-corrected chi connectivity index (χ4v) is 2.09. The van der Waals surface area contributed by atoms with Crippen LogP contribution in [0, 0.1) is 0 Å². The Kier molecular flexibility index (Phi) is 5.34. The molecule has 0 fully saturated rings. The van der Waals surface area contributed by atoms with Gasteiger partial charge in [-0.15, -0.1) is 0 Å². The molecular formula is C13H20BrN. The summed E-state index contributed by atoms with van der Waals surface area (Å²) >= 11 is 3.60. The molecule has 0 heterocycles. The number of halogens is 1.